The van der Waals surface area contributed by atoms with Crippen LogP contribution in [0.25, 0.3) is 0 Å². The molecule has 3 aromatic rings. The van der Waals surface area contributed by atoms with E-state index >= 15 is 0 Å². The minimum absolute atomic E-state index is 0.114. The topological polar surface area (TPSA) is 55.4 Å². The lowest BCUT2D eigenvalue weighted by atomic mass is 9.74. The van der Waals surface area contributed by atoms with E-state index in [9.17, 15) is 9.59 Å². The summed E-state index contributed by atoms with van der Waals surface area (Å²) in [4.78, 5) is 29.0. The number of carbonyl (C=O) groups excluding carboxylic acids is 2. The van der Waals surface area contributed by atoms with Gasteiger partial charge in [-0.1, -0.05) is 42.5 Å². The number of ether oxygens (including phenoxy) is 1. The molecule has 1 aliphatic carbocycles. The van der Waals surface area contributed by atoms with Crippen LogP contribution in [-0.4, -0.2) is 18.4 Å². The molecule has 2 aliphatic rings. The van der Waals surface area contributed by atoms with E-state index in [0.29, 0.717) is 25.0 Å². The van der Waals surface area contributed by atoms with Crippen LogP contribution >= 0.6 is 22.7 Å². The summed E-state index contributed by atoms with van der Waals surface area (Å²) in [6.07, 6.45) is 1.90. The van der Waals surface area contributed by atoms with Crippen molar-refractivity contribution in [1.29, 1.82) is 0 Å². The van der Waals surface area contributed by atoms with Crippen molar-refractivity contribution in [2.75, 3.05) is 6.61 Å². The molecule has 0 spiro atoms. The Hall–Kier alpha value is -2.96. The average molecular weight is 476 g/mol. The number of thiophene rings is 2. The van der Waals surface area contributed by atoms with Gasteiger partial charge in [-0.25, -0.2) is 4.79 Å². The molecular weight excluding hydrogens is 450 g/mol. The Kier molecular flexibility index (Phi) is 6.29. The van der Waals surface area contributed by atoms with Crippen LogP contribution in [-0.2, 0) is 20.7 Å². The van der Waals surface area contributed by atoms with E-state index in [1.54, 1.807) is 22.7 Å². The molecule has 33 heavy (non-hydrogen) atoms. The molecule has 0 radical (unpaired) electrons. The van der Waals surface area contributed by atoms with Gasteiger partial charge >= 0.3 is 5.97 Å². The summed E-state index contributed by atoms with van der Waals surface area (Å²) in [7, 11) is 0. The van der Waals surface area contributed by atoms with E-state index in [0.717, 1.165) is 33.8 Å². The first-order valence-electron chi connectivity index (χ1n) is 11.1. The van der Waals surface area contributed by atoms with Gasteiger partial charge in [0.25, 0.3) is 0 Å². The number of allylic oxidation sites excluding steroid dienone is 3. The second kappa shape index (κ2) is 9.49. The summed E-state index contributed by atoms with van der Waals surface area (Å²) in [5.74, 6) is -0.432. The predicted octanol–water partition coefficient (Wildman–Crippen LogP) is 5.96. The molecule has 1 aliphatic heterocycles. The van der Waals surface area contributed by atoms with Crippen LogP contribution in [0.1, 0.15) is 46.9 Å². The van der Waals surface area contributed by atoms with Crippen LogP contribution in [0.3, 0.4) is 0 Å². The van der Waals surface area contributed by atoms with E-state index in [4.69, 9.17) is 4.74 Å². The number of Topliss-reactive ketones (excluding diaryl/α,β-unsaturated/α-hetero) is 1. The zero-order valence-electron chi connectivity index (χ0n) is 18.4. The lowest BCUT2D eigenvalue weighted by Gasteiger charge is -2.35. The van der Waals surface area contributed by atoms with Crippen LogP contribution in [0.2, 0.25) is 0 Å². The fraction of sp³-hybridized carbons (Fsp3) is 0.259. The lowest BCUT2D eigenvalue weighted by molar-refractivity contribution is -0.139. The maximum atomic E-state index is 13.5. The first kappa shape index (κ1) is 21.9. The van der Waals surface area contributed by atoms with Crippen LogP contribution in [0.15, 0.2) is 87.9 Å². The molecule has 4 nitrogen and oxygen atoms in total. The number of benzene rings is 1. The molecule has 0 saturated heterocycles. The van der Waals surface area contributed by atoms with E-state index in [-0.39, 0.29) is 23.6 Å². The fourth-order valence-corrected chi connectivity index (χ4v) is 6.43. The number of ketones is 1. The Balaban J connectivity index is 1.42. The Bertz CT molecular complexity index is 1210. The summed E-state index contributed by atoms with van der Waals surface area (Å²) in [6, 6.07) is 18.1. The first-order chi connectivity index (χ1) is 16.1. The van der Waals surface area contributed by atoms with Crippen molar-refractivity contribution in [3.8, 4) is 0 Å². The summed E-state index contributed by atoms with van der Waals surface area (Å²) in [5.41, 5.74) is 4.12. The largest absolute Gasteiger partial charge is 0.462 e. The van der Waals surface area contributed by atoms with Crippen LogP contribution < -0.4 is 5.32 Å². The van der Waals surface area contributed by atoms with Gasteiger partial charge in [-0.05, 0) is 41.8 Å². The Labute approximate surface area is 201 Å². The van der Waals surface area contributed by atoms with Crippen molar-refractivity contribution < 1.29 is 14.3 Å². The monoisotopic (exact) mass is 475 g/mol. The SMILES string of the molecule is CC1=C(C(=O)OCCc2ccccc2)[C@@H](c2cccs2)C2=C(C[C@@H](c3cccs3)CC2=O)N1. The third-order valence-corrected chi connectivity index (χ3v) is 8.26. The van der Waals surface area contributed by atoms with Crippen LogP contribution in [0, 0.1) is 0 Å². The number of nitrogens with one attached hydrogen (secondary N) is 1. The second-order valence-corrected chi connectivity index (χ2v) is 10.4. The molecule has 2 aromatic heterocycles. The Morgan fingerprint density at radius 1 is 1.00 bits per heavy atom. The van der Waals surface area contributed by atoms with E-state index in [1.807, 2.05) is 60.8 Å². The standard InChI is InChI=1S/C27H25NO3S2/c1-17-24(27(30)31-12-11-18-7-3-2-4-8-18)26(23-10-6-14-33-23)25-20(28-17)15-19(16-21(25)29)22-9-5-13-32-22/h2-10,13-14,19,26,28H,11-12,15-16H2,1H3/t19-,26-/m1/s1. The normalized spacial score (nSPS) is 20.5. The van der Waals surface area contributed by atoms with Gasteiger partial charge < -0.3 is 10.1 Å². The molecule has 0 fully saturated rings. The Morgan fingerprint density at radius 2 is 1.73 bits per heavy atom. The third-order valence-electron chi connectivity index (χ3n) is 6.29. The lowest BCUT2D eigenvalue weighted by Crippen LogP contribution is -2.35. The van der Waals surface area contributed by atoms with Crippen molar-refractivity contribution in [1.82, 2.24) is 5.32 Å². The molecule has 0 saturated carbocycles. The smallest absolute Gasteiger partial charge is 0.336 e. The van der Waals surface area contributed by atoms with E-state index in [1.165, 1.54) is 4.88 Å². The number of hydrogen-bond acceptors (Lipinski definition) is 6. The summed E-state index contributed by atoms with van der Waals surface area (Å²) >= 11 is 3.27. The molecule has 0 unspecified atom stereocenters. The molecular formula is C27H25NO3S2. The number of rotatable bonds is 6. The number of carbonyl (C=O) groups is 2. The van der Waals surface area contributed by atoms with Crippen molar-refractivity contribution in [2.24, 2.45) is 0 Å². The zero-order valence-corrected chi connectivity index (χ0v) is 20.0. The molecule has 2 atom stereocenters. The molecule has 1 N–H and O–H groups in total. The molecule has 0 amide bonds. The minimum Gasteiger partial charge on any atom is -0.462 e. The van der Waals surface area contributed by atoms with Gasteiger partial charge in [-0.3, -0.25) is 4.79 Å². The highest BCUT2D eigenvalue weighted by atomic mass is 32.1. The number of dihydropyridines is 1. The fourth-order valence-electron chi connectivity index (χ4n) is 4.76. The van der Waals surface area contributed by atoms with Crippen LogP contribution in [0.4, 0.5) is 0 Å². The Morgan fingerprint density at radius 3 is 2.42 bits per heavy atom. The minimum atomic E-state index is -0.373. The maximum absolute atomic E-state index is 13.5. The quantitative estimate of drug-likeness (QED) is 0.447. The summed E-state index contributed by atoms with van der Waals surface area (Å²) in [6.45, 7) is 2.22. The van der Waals surface area contributed by atoms with Gasteiger partial charge in [0.05, 0.1) is 18.1 Å². The molecule has 6 heteroatoms. The van der Waals surface area contributed by atoms with E-state index < -0.39 is 0 Å². The number of esters is 1. The molecule has 5 rings (SSSR count). The maximum Gasteiger partial charge on any atom is 0.336 e. The van der Waals surface area contributed by atoms with E-state index in [2.05, 4.69) is 16.8 Å². The first-order valence-corrected chi connectivity index (χ1v) is 12.9. The predicted molar refractivity (Wildman–Crippen MR) is 132 cm³/mol. The van der Waals surface area contributed by atoms with Crippen molar-refractivity contribution in [3.05, 3.63) is 103 Å². The highest BCUT2D eigenvalue weighted by Crippen LogP contribution is 2.47. The van der Waals surface area contributed by atoms with Gasteiger partial charge in [0.15, 0.2) is 5.78 Å². The molecule has 1 aromatic carbocycles. The van der Waals surface area contributed by atoms with Crippen molar-refractivity contribution in [3.63, 3.8) is 0 Å². The molecule has 0 bridgehead atoms. The summed E-state index contributed by atoms with van der Waals surface area (Å²) in [5, 5.41) is 7.47. The van der Waals surface area contributed by atoms with Crippen molar-refractivity contribution >= 4 is 34.4 Å². The number of hydrogen-bond donors (Lipinski definition) is 1. The second-order valence-electron chi connectivity index (χ2n) is 8.42. The van der Waals surface area contributed by atoms with Gasteiger partial charge in [0.1, 0.15) is 0 Å². The highest BCUT2D eigenvalue weighted by molar-refractivity contribution is 7.10. The summed E-state index contributed by atoms with van der Waals surface area (Å²) < 4.78 is 5.71. The van der Waals surface area contributed by atoms with Gasteiger partial charge in [0, 0.05) is 45.5 Å². The zero-order chi connectivity index (χ0) is 22.8. The van der Waals surface area contributed by atoms with Crippen molar-refractivity contribution in [2.45, 2.75) is 38.0 Å². The average Bonchev–Trinajstić information content (AvgIpc) is 3.53. The van der Waals surface area contributed by atoms with Gasteiger partial charge in [-0.15, -0.1) is 22.7 Å². The highest BCUT2D eigenvalue weighted by Gasteiger charge is 2.41. The van der Waals surface area contributed by atoms with Gasteiger partial charge in [0.2, 0.25) is 0 Å². The molecule has 3 heterocycles. The van der Waals surface area contributed by atoms with Crippen LogP contribution in [0.5, 0.6) is 0 Å². The molecule has 168 valence electrons. The van der Waals surface area contributed by atoms with Gasteiger partial charge in [-0.2, -0.15) is 0 Å². The third kappa shape index (κ3) is 4.45.